The predicted octanol–water partition coefficient (Wildman–Crippen LogP) is 2.54. The van der Waals surface area contributed by atoms with Gasteiger partial charge < -0.3 is 9.47 Å². The first-order chi connectivity index (χ1) is 6.81. The third kappa shape index (κ3) is 9.52. The minimum absolute atomic E-state index is 0.0664. The molecule has 3 nitrogen and oxygen atoms in total. The van der Waals surface area contributed by atoms with Crippen LogP contribution >= 0.6 is 0 Å². The summed E-state index contributed by atoms with van der Waals surface area (Å²) in [6.07, 6.45) is 4.44. The summed E-state index contributed by atoms with van der Waals surface area (Å²) in [6, 6.07) is 0. The van der Waals surface area contributed by atoms with Crippen LogP contribution in [0.2, 0.25) is 0 Å². The highest BCUT2D eigenvalue weighted by Gasteiger charge is 2.00. The molecule has 0 spiro atoms. The quantitative estimate of drug-likeness (QED) is 0.426. The van der Waals surface area contributed by atoms with Gasteiger partial charge in [0.2, 0.25) is 0 Å². The largest absolute Gasteiger partial charge is 0.466 e. The average Bonchev–Trinajstić information content (AvgIpc) is 2.20. The molecule has 0 aromatic heterocycles. The van der Waals surface area contributed by atoms with E-state index >= 15 is 0 Å². The molecule has 14 heavy (non-hydrogen) atoms. The van der Waals surface area contributed by atoms with E-state index in [1.165, 1.54) is 0 Å². The smallest absolute Gasteiger partial charge is 0.305 e. The number of carbonyl (C=O) groups excluding carboxylic acids is 1. The van der Waals surface area contributed by atoms with Gasteiger partial charge in [0.15, 0.2) is 0 Å². The second-order valence-corrected chi connectivity index (χ2v) is 3.23. The van der Waals surface area contributed by atoms with Crippen molar-refractivity contribution < 1.29 is 14.3 Å². The molecule has 0 aromatic rings. The molecule has 0 aliphatic heterocycles. The van der Waals surface area contributed by atoms with Crippen molar-refractivity contribution in [3.05, 3.63) is 0 Å². The maximum Gasteiger partial charge on any atom is 0.305 e. The standard InChI is InChI=1S/C11H22O3/c1-3-9-14-11(12)8-6-5-7-10-13-4-2/h3-10H2,1-2H3. The number of hydrogen-bond donors (Lipinski definition) is 0. The molecule has 0 atom stereocenters. The fraction of sp³-hybridized carbons (Fsp3) is 0.909. The molecule has 0 heterocycles. The highest BCUT2D eigenvalue weighted by Crippen LogP contribution is 2.01. The fourth-order valence-electron chi connectivity index (χ4n) is 1.08. The Morgan fingerprint density at radius 2 is 1.86 bits per heavy atom. The zero-order valence-corrected chi connectivity index (χ0v) is 9.38. The number of hydrogen-bond acceptors (Lipinski definition) is 3. The van der Waals surface area contributed by atoms with Gasteiger partial charge in [0.1, 0.15) is 0 Å². The van der Waals surface area contributed by atoms with E-state index in [0.29, 0.717) is 13.0 Å². The normalized spacial score (nSPS) is 10.1. The zero-order valence-electron chi connectivity index (χ0n) is 9.38. The molecule has 0 fully saturated rings. The Labute approximate surface area is 86.8 Å². The first kappa shape index (κ1) is 13.4. The first-order valence-electron chi connectivity index (χ1n) is 5.54. The van der Waals surface area contributed by atoms with Crippen LogP contribution in [0.25, 0.3) is 0 Å². The Kier molecular flexibility index (Phi) is 10.1. The summed E-state index contributed by atoms with van der Waals surface area (Å²) in [6.45, 7) is 6.12. The summed E-state index contributed by atoms with van der Waals surface area (Å²) in [7, 11) is 0. The van der Waals surface area contributed by atoms with Crippen LogP contribution < -0.4 is 0 Å². The van der Waals surface area contributed by atoms with Crippen LogP contribution in [-0.4, -0.2) is 25.8 Å². The zero-order chi connectivity index (χ0) is 10.6. The van der Waals surface area contributed by atoms with E-state index in [-0.39, 0.29) is 5.97 Å². The van der Waals surface area contributed by atoms with E-state index in [2.05, 4.69) is 0 Å². The number of carbonyl (C=O) groups is 1. The van der Waals surface area contributed by atoms with Crippen LogP contribution in [0, 0.1) is 0 Å². The third-order valence-corrected chi connectivity index (χ3v) is 1.84. The summed E-state index contributed by atoms with van der Waals surface area (Å²) in [5.74, 6) is -0.0664. The Hall–Kier alpha value is -0.570. The van der Waals surface area contributed by atoms with E-state index in [0.717, 1.165) is 38.9 Å². The Morgan fingerprint density at radius 1 is 1.07 bits per heavy atom. The van der Waals surface area contributed by atoms with Crippen LogP contribution in [-0.2, 0) is 14.3 Å². The maximum absolute atomic E-state index is 11.0. The molecule has 0 bridgehead atoms. The van der Waals surface area contributed by atoms with Crippen molar-refractivity contribution in [3.63, 3.8) is 0 Å². The van der Waals surface area contributed by atoms with Gasteiger partial charge in [-0.05, 0) is 26.2 Å². The van der Waals surface area contributed by atoms with Crippen molar-refractivity contribution >= 4 is 5.97 Å². The lowest BCUT2D eigenvalue weighted by atomic mass is 10.2. The summed E-state index contributed by atoms with van der Waals surface area (Å²) in [5, 5.41) is 0. The Balaban J connectivity index is 3.07. The van der Waals surface area contributed by atoms with Gasteiger partial charge in [0.25, 0.3) is 0 Å². The summed E-state index contributed by atoms with van der Waals surface area (Å²) < 4.78 is 10.1. The van der Waals surface area contributed by atoms with Crippen LogP contribution in [0.5, 0.6) is 0 Å². The molecule has 0 unspecified atom stereocenters. The highest BCUT2D eigenvalue weighted by atomic mass is 16.5. The lowest BCUT2D eigenvalue weighted by molar-refractivity contribution is -0.143. The fourth-order valence-corrected chi connectivity index (χ4v) is 1.08. The van der Waals surface area contributed by atoms with Crippen molar-refractivity contribution in [2.75, 3.05) is 19.8 Å². The van der Waals surface area contributed by atoms with Crippen LogP contribution in [0.15, 0.2) is 0 Å². The molecule has 0 saturated heterocycles. The average molecular weight is 202 g/mol. The lowest BCUT2D eigenvalue weighted by Crippen LogP contribution is -2.05. The Bertz CT molecular complexity index is 134. The molecule has 0 aromatic carbocycles. The number of rotatable bonds is 9. The minimum atomic E-state index is -0.0664. The van der Waals surface area contributed by atoms with E-state index in [9.17, 15) is 4.79 Å². The summed E-state index contributed by atoms with van der Waals surface area (Å²) >= 11 is 0. The molecular weight excluding hydrogens is 180 g/mol. The molecule has 0 N–H and O–H groups in total. The van der Waals surface area contributed by atoms with Gasteiger partial charge >= 0.3 is 5.97 Å². The van der Waals surface area contributed by atoms with Gasteiger partial charge in [-0.25, -0.2) is 0 Å². The predicted molar refractivity (Wildman–Crippen MR) is 56.2 cm³/mol. The van der Waals surface area contributed by atoms with Crippen molar-refractivity contribution in [1.82, 2.24) is 0 Å². The highest BCUT2D eigenvalue weighted by molar-refractivity contribution is 5.69. The number of unbranched alkanes of at least 4 members (excludes halogenated alkanes) is 2. The van der Waals surface area contributed by atoms with E-state index in [1.807, 2.05) is 13.8 Å². The molecule has 84 valence electrons. The molecular formula is C11H22O3. The minimum Gasteiger partial charge on any atom is -0.466 e. The van der Waals surface area contributed by atoms with Crippen molar-refractivity contribution in [1.29, 1.82) is 0 Å². The number of esters is 1. The van der Waals surface area contributed by atoms with Gasteiger partial charge in [0, 0.05) is 19.6 Å². The summed E-state index contributed by atoms with van der Waals surface area (Å²) in [4.78, 5) is 11.0. The summed E-state index contributed by atoms with van der Waals surface area (Å²) in [5.41, 5.74) is 0. The van der Waals surface area contributed by atoms with Gasteiger partial charge in [-0.2, -0.15) is 0 Å². The molecule has 0 radical (unpaired) electrons. The van der Waals surface area contributed by atoms with Gasteiger partial charge in [-0.3, -0.25) is 4.79 Å². The molecule has 0 saturated carbocycles. The van der Waals surface area contributed by atoms with Crippen LogP contribution in [0.1, 0.15) is 46.0 Å². The topological polar surface area (TPSA) is 35.5 Å². The molecule has 0 amide bonds. The van der Waals surface area contributed by atoms with E-state index < -0.39 is 0 Å². The molecule has 0 aliphatic rings. The lowest BCUT2D eigenvalue weighted by Gasteiger charge is -2.03. The Morgan fingerprint density at radius 3 is 2.50 bits per heavy atom. The second-order valence-electron chi connectivity index (χ2n) is 3.23. The van der Waals surface area contributed by atoms with E-state index in [4.69, 9.17) is 9.47 Å². The van der Waals surface area contributed by atoms with Gasteiger partial charge in [-0.1, -0.05) is 13.3 Å². The molecule has 3 heteroatoms. The van der Waals surface area contributed by atoms with Crippen LogP contribution in [0.3, 0.4) is 0 Å². The van der Waals surface area contributed by atoms with Gasteiger partial charge in [0.05, 0.1) is 6.61 Å². The van der Waals surface area contributed by atoms with E-state index in [1.54, 1.807) is 0 Å². The first-order valence-corrected chi connectivity index (χ1v) is 5.54. The van der Waals surface area contributed by atoms with Gasteiger partial charge in [-0.15, -0.1) is 0 Å². The third-order valence-electron chi connectivity index (χ3n) is 1.84. The molecule has 0 rings (SSSR count). The van der Waals surface area contributed by atoms with Crippen LogP contribution in [0.4, 0.5) is 0 Å². The monoisotopic (exact) mass is 202 g/mol. The second kappa shape index (κ2) is 10.5. The molecule has 0 aliphatic carbocycles. The number of ether oxygens (including phenoxy) is 2. The van der Waals surface area contributed by atoms with Crippen molar-refractivity contribution in [2.45, 2.75) is 46.0 Å². The van der Waals surface area contributed by atoms with Crippen molar-refractivity contribution in [3.8, 4) is 0 Å². The van der Waals surface area contributed by atoms with Crippen molar-refractivity contribution in [2.24, 2.45) is 0 Å². The maximum atomic E-state index is 11.0. The SMILES string of the molecule is CCCOC(=O)CCCCCOCC.